The molecule has 0 aliphatic heterocycles. The topological polar surface area (TPSA) is 110 Å². The highest BCUT2D eigenvalue weighted by Gasteiger charge is 2.13. The van der Waals surface area contributed by atoms with Crippen LogP contribution in [0.5, 0.6) is 0 Å². The van der Waals surface area contributed by atoms with Crippen LogP contribution in [0.25, 0.3) is 0 Å². The molecule has 0 aromatic rings. The molecule has 0 aromatic carbocycles. The molecule has 2 atom stereocenters. The molecule has 0 spiro atoms. The summed E-state index contributed by atoms with van der Waals surface area (Å²) in [6.07, 6.45) is -4.25. The Kier molecular flexibility index (Phi) is 6.17. The zero-order valence-corrected chi connectivity index (χ0v) is 6.50. The zero-order chi connectivity index (χ0) is 9.56. The van der Waals surface area contributed by atoms with E-state index in [4.69, 9.17) is 25.5 Å². The number of hydrogen-bond donors (Lipinski definition) is 5. The molecular formula is C6H14O6. The first kappa shape index (κ1) is 11.8. The largest absolute Gasteiger partial charge is 0.394 e. The van der Waals surface area contributed by atoms with Crippen LogP contribution in [-0.2, 0) is 4.74 Å². The first-order valence-electron chi connectivity index (χ1n) is 3.48. The number of hydrogen-bond acceptors (Lipinski definition) is 6. The third-order valence-corrected chi connectivity index (χ3v) is 1.15. The van der Waals surface area contributed by atoms with Crippen LogP contribution in [0, 0.1) is 0 Å². The summed E-state index contributed by atoms with van der Waals surface area (Å²) in [5.41, 5.74) is 0. The molecule has 0 fully saturated rings. The first-order valence-corrected chi connectivity index (χ1v) is 3.48. The zero-order valence-electron chi connectivity index (χ0n) is 6.50. The van der Waals surface area contributed by atoms with Crippen molar-refractivity contribution in [1.29, 1.82) is 0 Å². The van der Waals surface area contributed by atoms with Crippen molar-refractivity contribution >= 4 is 0 Å². The molecule has 0 aromatic heterocycles. The van der Waals surface area contributed by atoms with Gasteiger partial charge in [-0.05, 0) is 0 Å². The van der Waals surface area contributed by atoms with Crippen LogP contribution in [0.2, 0.25) is 0 Å². The summed E-state index contributed by atoms with van der Waals surface area (Å²) in [7, 11) is 0. The van der Waals surface area contributed by atoms with Gasteiger partial charge in [-0.1, -0.05) is 0 Å². The quantitative estimate of drug-likeness (QED) is 0.280. The number of aliphatic hydroxyl groups is 5. The molecule has 0 saturated heterocycles. The molecule has 0 heterocycles. The highest BCUT2D eigenvalue weighted by atomic mass is 16.5. The van der Waals surface area contributed by atoms with Gasteiger partial charge < -0.3 is 30.3 Å². The second kappa shape index (κ2) is 6.30. The van der Waals surface area contributed by atoms with E-state index in [1.165, 1.54) is 0 Å². The van der Waals surface area contributed by atoms with E-state index >= 15 is 0 Å². The number of ether oxygens (including phenoxy) is 1. The summed E-state index contributed by atoms with van der Waals surface area (Å²) in [6.45, 7) is -0.882. The van der Waals surface area contributed by atoms with Gasteiger partial charge >= 0.3 is 0 Å². The van der Waals surface area contributed by atoms with E-state index in [1.54, 1.807) is 0 Å². The van der Waals surface area contributed by atoms with E-state index in [2.05, 4.69) is 4.74 Å². The van der Waals surface area contributed by atoms with Crippen molar-refractivity contribution in [3.05, 3.63) is 0 Å². The van der Waals surface area contributed by atoms with Gasteiger partial charge in [0.1, 0.15) is 12.2 Å². The molecule has 74 valence electrons. The summed E-state index contributed by atoms with van der Waals surface area (Å²) in [4.78, 5) is 0. The maximum absolute atomic E-state index is 8.74. The van der Waals surface area contributed by atoms with Crippen LogP contribution < -0.4 is 0 Å². The van der Waals surface area contributed by atoms with E-state index < -0.39 is 25.1 Å². The van der Waals surface area contributed by atoms with E-state index in [0.717, 1.165) is 0 Å². The van der Waals surface area contributed by atoms with Gasteiger partial charge in [-0.3, -0.25) is 0 Å². The average molecular weight is 182 g/mol. The molecule has 6 heteroatoms. The van der Waals surface area contributed by atoms with Crippen molar-refractivity contribution in [2.24, 2.45) is 0 Å². The van der Waals surface area contributed by atoms with Crippen LogP contribution in [0.1, 0.15) is 0 Å². The lowest BCUT2D eigenvalue weighted by molar-refractivity contribution is -0.147. The molecule has 0 aliphatic carbocycles. The fourth-order valence-corrected chi connectivity index (χ4v) is 0.464. The summed E-state index contributed by atoms with van der Waals surface area (Å²) in [5, 5.41) is 42.5. The van der Waals surface area contributed by atoms with Crippen LogP contribution in [0.3, 0.4) is 0 Å². The highest BCUT2D eigenvalue weighted by molar-refractivity contribution is 4.56. The second-order valence-electron chi connectivity index (χ2n) is 2.35. The van der Waals surface area contributed by atoms with E-state index in [0.29, 0.717) is 0 Å². The normalized spacial score (nSPS) is 16.5. The molecule has 0 amide bonds. The van der Waals surface area contributed by atoms with Gasteiger partial charge in [-0.2, -0.15) is 0 Å². The summed E-state index contributed by atoms with van der Waals surface area (Å²) < 4.78 is 4.63. The molecule has 0 aliphatic rings. The smallest absolute Gasteiger partial charge is 0.180 e. The maximum Gasteiger partial charge on any atom is 0.180 e. The van der Waals surface area contributed by atoms with E-state index in [9.17, 15) is 0 Å². The summed E-state index contributed by atoms with van der Waals surface area (Å²) in [5.74, 6) is 0. The van der Waals surface area contributed by atoms with E-state index in [-0.39, 0.29) is 13.2 Å². The Balaban J connectivity index is 3.30. The highest BCUT2D eigenvalue weighted by Crippen LogP contribution is 1.91. The lowest BCUT2D eigenvalue weighted by Crippen LogP contribution is -2.32. The van der Waals surface area contributed by atoms with Crippen molar-refractivity contribution in [3.63, 3.8) is 0 Å². The molecule has 6 nitrogen and oxygen atoms in total. The van der Waals surface area contributed by atoms with Crippen LogP contribution in [0.15, 0.2) is 0 Å². The third-order valence-electron chi connectivity index (χ3n) is 1.15. The maximum atomic E-state index is 8.74. The van der Waals surface area contributed by atoms with Crippen molar-refractivity contribution < 1.29 is 30.3 Å². The fourth-order valence-electron chi connectivity index (χ4n) is 0.464. The predicted octanol–water partition coefficient (Wildman–Crippen LogP) is -2.97. The van der Waals surface area contributed by atoms with Crippen LogP contribution in [-0.4, -0.2) is 63.9 Å². The summed E-state index contributed by atoms with van der Waals surface area (Å²) >= 11 is 0. The predicted molar refractivity (Wildman–Crippen MR) is 38.1 cm³/mol. The van der Waals surface area contributed by atoms with Gasteiger partial charge in [0.15, 0.2) is 6.29 Å². The Hall–Kier alpha value is -0.240. The SMILES string of the molecule is OCC(O)COCC(O)C(O)O. The number of aliphatic hydroxyl groups excluding tert-OH is 4. The summed E-state index contributed by atoms with van der Waals surface area (Å²) in [6, 6.07) is 0. The van der Waals surface area contributed by atoms with Crippen molar-refractivity contribution in [2.45, 2.75) is 18.5 Å². The molecule has 0 rings (SSSR count). The third kappa shape index (κ3) is 5.42. The lowest BCUT2D eigenvalue weighted by Gasteiger charge is -2.13. The standard InChI is InChI=1S/C6H14O6/c7-1-4(8)2-12-3-5(9)6(10)11/h4-11H,1-3H2. The van der Waals surface area contributed by atoms with Gasteiger partial charge in [0.2, 0.25) is 0 Å². The van der Waals surface area contributed by atoms with Crippen molar-refractivity contribution in [3.8, 4) is 0 Å². The van der Waals surface area contributed by atoms with Crippen LogP contribution >= 0.6 is 0 Å². The Bertz CT molecular complexity index is 106. The number of rotatable bonds is 6. The van der Waals surface area contributed by atoms with Gasteiger partial charge in [-0.15, -0.1) is 0 Å². The minimum Gasteiger partial charge on any atom is -0.394 e. The van der Waals surface area contributed by atoms with Gasteiger partial charge in [0, 0.05) is 0 Å². The van der Waals surface area contributed by atoms with Gasteiger partial charge in [0.25, 0.3) is 0 Å². The Morgan fingerprint density at radius 3 is 2.00 bits per heavy atom. The molecule has 5 N–H and O–H groups in total. The minimum absolute atomic E-state index is 0.152. The first-order chi connectivity index (χ1) is 5.57. The molecular weight excluding hydrogens is 168 g/mol. The van der Waals surface area contributed by atoms with Gasteiger partial charge in [-0.25, -0.2) is 0 Å². The molecule has 0 radical (unpaired) electrons. The second-order valence-corrected chi connectivity index (χ2v) is 2.35. The molecule has 0 saturated carbocycles. The Morgan fingerprint density at radius 2 is 1.58 bits per heavy atom. The molecule has 12 heavy (non-hydrogen) atoms. The Morgan fingerprint density at radius 1 is 1.00 bits per heavy atom. The van der Waals surface area contributed by atoms with Crippen molar-refractivity contribution in [2.75, 3.05) is 19.8 Å². The van der Waals surface area contributed by atoms with Crippen LogP contribution in [0.4, 0.5) is 0 Å². The molecule has 0 bridgehead atoms. The monoisotopic (exact) mass is 182 g/mol. The molecule has 2 unspecified atom stereocenters. The lowest BCUT2D eigenvalue weighted by atomic mass is 10.3. The van der Waals surface area contributed by atoms with E-state index in [1.807, 2.05) is 0 Å². The fraction of sp³-hybridized carbons (Fsp3) is 1.00. The van der Waals surface area contributed by atoms with Crippen molar-refractivity contribution in [1.82, 2.24) is 0 Å². The van der Waals surface area contributed by atoms with Gasteiger partial charge in [0.05, 0.1) is 19.8 Å². The minimum atomic E-state index is -1.85. The Labute approximate surface area is 69.6 Å². The average Bonchev–Trinajstić information content (AvgIpc) is 2.03.